The summed E-state index contributed by atoms with van der Waals surface area (Å²) in [5.74, 6) is -0.701. The maximum absolute atomic E-state index is 13.9. The summed E-state index contributed by atoms with van der Waals surface area (Å²) < 4.78 is 13.9. The molecule has 5 heteroatoms. The fourth-order valence-electron chi connectivity index (χ4n) is 1.40. The zero-order valence-corrected chi connectivity index (χ0v) is 11.2. The number of nitrogens with one attached hydrogen (secondary N) is 1. The highest BCUT2D eigenvalue weighted by Gasteiger charge is 2.13. The van der Waals surface area contributed by atoms with Gasteiger partial charge in [-0.2, -0.15) is 0 Å². The van der Waals surface area contributed by atoms with Gasteiger partial charge in [0.15, 0.2) is 0 Å². The topological polar surface area (TPSA) is 58.4 Å². The molecule has 1 unspecified atom stereocenters. The first-order valence-corrected chi connectivity index (χ1v) is 5.91. The van der Waals surface area contributed by atoms with Gasteiger partial charge in [0.2, 0.25) is 5.91 Å². The minimum atomic E-state index is -0.619. The van der Waals surface area contributed by atoms with Gasteiger partial charge in [0.25, 0.3) is 0 Å². The van der Waals surface area contributed by atoms with E-state index in [9.17, 15) is 9.18 Å². The minimum absolute atomic E-state index is 0.198. The molecule has 18 heavy (non-hydrogen) atoms. The average molecular weight is 253 g/mol. The number of halogens is 1. The molecule has 0 spiro atoms. The molecular formula is C13H20FN3O. The lowest BCUT2D eigenvalue weighted by Gasteiger charge is -2.24. The van der Waals surface area contributed by atoms with Crippen molar-refractivity contribution >= 4 is 17.3 Å². The predicted octanol–water partition coefficient (Wildman–Crippen LogP) is 1.96. The molecule has 1 aromatic rings. The van der Waals surface area contributed by atoms with Crippen LogP contribution in [0.2, 0.25) is 0 Å². The summed E-state index contributed by atoms with van der Waals surface area (Å²) in [5, 5.41) is 2.56. The number of anilines is 2. The van der Waals surface area contributed by atoms with Crippen LogP contribution in [-0.2, 0) is 4.79 Å². The van der Waals surface area contributed by atoms with Gasteiger partial charge in [-0.15, -0.1) is 0 Å². The Balaban J connectivity index is 2.89. The Morgan fingerprint density at radius 1 is 1.39 bits per heavy atom. The van der Waals surface area contributed by atoms with E-state index in [4.69, 9.17) is 5.73 Å². The molecule has 1 aromatic carbocycles. The Bertz CT molecular complexity index is 432. The van der Waals surface area contributed by atoms with E-state index in [1.807, 2.05) is 25.8 Å². The van der Waals surface area contributed by atoms with Crippen LogP contribution in [0.3, 0.4) is 0 Å². The Labute approximate surface area is 107 Å². The summed E-state index contributed by atoms with van der Waals surface area (Å²) >= 11 is 0. The van der Waals surface area contributed by atoms with Gasteiger partial charge >= 0.3 is 0 Å². The Kier molecular flexibility index (Phi) is 4.67. The van der Waals surface area contributed by atoms with Crippen LogP contribution in [0.1, 0.15) is 20.8 Å². The molecule has 1 atom stereocenters. The standard InChI is InChI=1S/C13H20FN3O/c1-8(2)17(4)12-6-5-10(7-11(12)14)16-13(18)9(3)15/h5-9H,15H2,1-4H3,(H,16,18). The summed E-state index contributed by atoms with van der Waals surface area (Å²) in [6.45, 7) is 5.53. The van der Waals surface area contributed by atoms with Crippen molar-refractivity contribution in [2.45, 2.75) is 32.9 Å². The van der Waals surface area contributed by atoms with E-state index in [0.717, 1.165) is 0 Å². The van der Waals surface area contributed by atoms with Crippen molar-refractivity contribution < 1.29 is 9.18 Å². The van der Waals surface area contributed by atoms with Crippen LogP contribution in [0.5, 0.6) is 0 Å². The molecule has 0 aromatic heterocycles. The molecule has 0 aliphatic carbocycles. The highest BCUT2D eigenvalue weighted by atomic mass is 19.1. The lowest BCUT2D eigenvalue weighted by atomic mass is 10.2. The molecule has 100 valence electrons. The van der Waals surface area contributed by atoms with Gasteiger partial charge in [-0.1, -0.05) is 0 Å². The SMILES string of the molecule is CC(N)C(=O)Nc1ccc(N(C)C(C)C)c(F)c1. The third kappa shape index (κ3) is 3.43. The second-order valence-electron chi connectivity index (χ2n) is 4.65. The molecule has 0 heterocycles. The number of benzene rings is 1. The summed E-state index contributed by atoms with van der Waals surface area (Å²) in [4.78, 5) is 13.2. The molecule has 0 saturated heterocycles. The van der Waals surface area contributed by atoms with Crippen LogP contribution in [0.15, 0.2) is 18.2 Å². The van der Waals surface area contributed by atoms with Gasteiger partial charge in [0.1, 0.15) is 5.82 Å². The number of hydrogen-bond donors (Lipinski definition) is 2. The molecule has 0 fully saturated rings. The molecular weight excluding hydrogens is 233 g/mol. The van der Waals surface area contributed by atoms with E-state index < -0.39 is 6.04 Å². The van der Waals surface area contributed by atoms with Crippen LogP contribution >= 0.6 is 0 Å². The minimum Gasteiger partial charge on any atom is -0.370 e. The summed E-state index contributed by atoms with van der Waals surface area (Å²) in [7, 11) is 1.82. The zero-order chi connectivity index (χ0) is 13.9. The second-order valence-corrected chi connectivity index (χ2v) is 4.65. The second kappa shape index (κ2) is 5.82. The summed E-state index contributed by atoms with van der Waals surface area (Å²) in [5.41, 5.74) is 6.34. The quantitative estimate of drug-likeness (QED) is 0.862. The first kappa shape index (κ1) is 14.4. The van der Waals surface area contributed by atoms with Gasteiger partial charge in [-0.05, 0) is 39.0 Å². The number of rotatable bonds is 4. The normalized spacial score (nSPS) is 12.4. The van der Waals surface area contributed by atoms with Crippen molar-refractivity contribution in [3.05, 3.63) is 24.0 Å². The van der Waals surface area contributed by atoms with Gasteiger partial charge in [-0.25, -0.2) is 4.39 Å². The highest BCUT2D eigenvalue weighted by molar-refractivity contribution is 5.94. The lowest BCUT2D eigenvalue weighted by Crippen LogP contribution is -2.32. The van der Waals surface area contributed by atoms with E-state index in [1.165, 1.54) is 6.07 Å². The Hall–Kier alpha value is -1.62. The number of amides is 1. The number of hydrogen-bond acceptors (Lipinski definition) is 3. The fraction of sp³-hybridized carbons (Fsp3) is 0.462. The molecule has 0 saturated carbocycles. The van der Waals surface area contributed by atoms with Gasteiger partial charge < -0.3 is 16.0 Å². The van der Waals surface area contributed by atoms with Crippen molar-refractivity contribution in [2.24, 2.45) is 5.73 Å². The van der Waals surface area contributed by atoms with Gasteiger partial charge in [0, 0.05) is 18.8 Å². The summed E-state index contributed by atoms with van der Waals surface area (Å²) in [6.07, 6.45) is 0. The monoisotopic (exact) mass is 253 g/mol. The molecule has 4 nitrogen and oxygen atoms in total. The lowest BCUT2D eigenvalue weighted by molar-refractivity contribution is -0.117. The van der Waals surface area contributed by atoms with Crippen LogP contribution in [0.4, 0.5) is 15.8 Å². The maximum Gasteiger partial charge on any atom is 0.241 e. The number of carbonyl (C=O) groups is 1. The molecule has 1 amide bonds. The van der Waals surface area contributed by atoms with Crippen molar-refractivity contribution in [1.29, 1.82) is 0 Å². The molecule has 0 bridgehead atoms. The highest BCUT2D eigenvalue weighted by Crippen LogP contribution is 2.23. The molecule has 3 N–H and O–H groups in total. The summed E-state index contributed by atoms with van der Waals surface area (Å²) in [6, 6.07) is 4.19. The Morgan fingerprint density at radius 2 is 2.00 bits per heavy atom. The third-order valence-electron chi connectivity index (χ3n) is 2.78. The van der Waals surface area contributed by atoms with E-state index in [2.05, 4.69) is 5.32 Å². The third-order valence-corrected chi connectivity index (χ3v) is 2.78. The average Bonchev–Trinajstić information content (AvgIpc) is 2.28. The number of nitrogens with zero attached hydrogens (tertiary/aromatic N) is 1. The van der Waals surface area contributed by atoms with Gasteiger partial charge in [-0.3, -0.25) is 4.79 Å². The smallest absolute Gasteiger partial charge is 0.241 e. The molecule has 0 aliphatic rings. The van der Waals surface area contributed by atoms with Gasteiger partial charge in [0.05, 0.1) is 11.7 Å². The number of carbonyl (C=O) groups excluding carboxylic acids is 1. The first-order valence-electron chi connectivity index (χ1n) is 5.91. The van der Waals surface area contributed by atoms with Crippen LogP contribution in [0, 0.1) is 5.82 Å². The van der Waals surface area contributed by atoms with E-state index in [0.29, 0.717) is 11.4 Å². The number of nitrogens with two attached hydrogens (primary N) is 1. The first-order chi connectivity index (χ1) is 8.32. The predicted molar refractivity (Wildman–Crippen MR) is 72.2 cm³/mol. The maximum atomic E-state index is 13.9. The van der Waals surface area contributed by atoms with Crippen LogP contribution in [-0.4, -0.2) is 25.0 Å². The fourth-order valence-corrected chi connectivity index (χ4v) is 1.40. The molecule has 1 rings (SSSR count). The van der Waals surface area contributed by atoms with E-state index in [-0.39, 0.29) is 17.8 Å². The zero-order valence-electron chi connectivity index (χ0n) is 11.2. The van der Waals surface area contributed by atoms with E-state index >= 15 is 0 Å². The molecule has 0 radical (unpaired) electrons. The molecule has 0 aliphatic heterocycles. The van der Waals surface area contributed by atoms with Crippen molar-refractivity contribution in [2.75, 3.05) is 17.3 Å². The van der Waals surface area contributed by atoms with Crippen molar-refractivity contribution in [3.8, 4) is 0 Å². The van der Waals surface area contributed by atoms with Crippen LogP contribution in [0.25, 0.3) is 0 Å². The van der Waals surface area contributed by atoms with E-state index in [1.54, 1.807) is 19.1 Å². The Morgan fingerprint density at radius 3 is 2.44 bits per heavy atom. The van der Waals surface area contributed by atoms with Crippen LogP contribution < -0.4 is 16.0 Å². The largest absolute Gasteiger partial charge is 0.370 e. The van der Waals surface area contributed by atoms with Crippen molar-refractivity contribution in [3.63, 3.8) is 0 Å². The van der Waals surface area contributed by atoms with Crippen molar-refractivity contribution in [1.82, 2.24) is 0 Å².